The Morgan fingerprint density at radius 2 is 2.26 bits per heavy atom. The summed E-state index contributed by atoms with van der Waals surface area (Å²) in [5.41, 5.74) is 0.318. The third kappa shape index (κ3) is 2.21. The lowest BCUT2D eigenvalue weighted by molar-refractivity contribution is -0.0300. The Kier molecular flexibility index (Phi) is 2.78. The lowest BCUT2D eigenvalue weighted by atomic mass is 9.80. The summed E-state index contributed by atoms with van der Waals surface area (Å²) in [6.45, 7) is 0.264. The van der Waals surface area contributed by atoms with Gasteiger partial charge in [0, 0.05) is 23.6 Å². The highest BCUT2D eigenvalue weighted by Crippen LogP contribution is 2.30. The molecule has 1 heterocycles. The summed E-state index contributed by atoms with van der Waals surface area (Å²) >= 11 is 0. The Hall–Kier alpha value is -1.88. The van der Waals surface area contributed by atoms with E-state index < -0.39 is 5.60 Å². The number of carbonyl (C=O) groups excluding carboxylic acids is 1. The van der Waals surface area contributed by atoms with E-state index in [2.05, 4.69) is 10.3 Å². The lowest BCUT2D eigenvalue weighted by Crippen LogP contribution is -2.47. The van der Waals surface area contributed by atoms with Gasteiger partial charge in [0.05, 0.1) is 11.2 Å². The number of hydrogen-bond donors (Lipinski definition) is 3. The first-order chi connectivity index (χ1) is 9.07. The second kappa shape index (κ2) is 4.35. The maximum atomic E-state index is 13.1. The molecule has 4 nitrogen and oxygen atoms in total. The lowest BCUT2D eigenvalue weighted by Gasteiger charge is -2.36. The summed E-state index contributed by atoms with van der Waals surface area (Å²) in [6.07, 6.45) is 4.02. The van der Waals surface area contributed by atoms with Gasteiger partial charge in [-0.25, -0.2) is 4.39 Å². The van der Waals surface area contributed by atoms with Crippen LogP contribution in [0.5, 0.6) is 0 Å². The molecule has 0 atom stereocenters. The minimum absolute atomic E-state index is 0.252. The van der Waals surface area contributed by atoms with Gasteiger partial charge >= 0.3 is 0 Å². The molecule has 0 spiro atoms. The number of hydrogen-bond acceptors (Lipinski definition) is 2. The molecule has 3 rings (SSSR count). The van der Waals surface area contributed by atoms with Crippen molar-refractivity contribution in [1.29, 1.82) is 0 Å². The second-order valence-corrected chi connectivity index (χ2v) is 5.15. The maximum absolute atomic E-state index is 13.1. The number of H-pyrrole nitrogens is 1. The predicted octanol–water partition coefficient (Wildman–Crippen LogP) is 1.95. The highest BCUT2D eigenvalue weighted by Gasteiger charge is 2.34. The molecule has 0 aliphatic heterocycles. The predicted molar refractivity (Wildman–Crippen MR) is 69.4 cm³/mol. The molecule has 1 aromatic carbocycles. The van der Waals surface area contributed by atoms with Gasteiger partial charge in [0.2, 0.25) is 0 Å². The third-order valence-corrected chi connectivity index (χ3v) is 3.75. The van der Waals surface area contributed by atoms with E-state index in [0.29, 0.717) is 16.5 Å². The van der Waals surface area contributed by atoms with Crippen molar-refractivity contribution in [1.82, 2.24) is 10.3 Å². The number of rotatable bonds is 3. The number of benzene rings is 1. The van der Waals surface area contributed by atoms with E-state index >= 15 is 0 Å². The van der Waals surface area contributed by atoms with Gasteiger partial charge in [-0.1, -0.05) is 0 Å². The SMILES string of the molecule is O=C(NCC1(O)CCC1)c1c[nH]c2cc(F)ccc12. The molecule has 1 saturated carbocycles. The van der Waals surface area contributed by atoms with Crippen molar-refractivity contribution in [2.24, 2.45) is 0 Å². The number of amides is 1. The Labute approximate surface area is 109 Å². The van der Waals surface area contributed by atoms with E-state index in [9.17, 15) is 14.3 Å². The molecule has 1 aliphatic carbocycles. The van der Waals surface area contributed by atoms with Crippen molar-refractivity contribution in [3.63, 3.8) is 0 Å². The molecule has 1 aliphatic rings. The summed E-state index contributed by atoms with van der Waals surface area (Å²) in [7, 11) is 0. The minimum atomic E-state index is -0.742. The highest BCUT2D eigenvalue weighted by atomic mass is 19.1. The van der Waals surface area contributed by atoms with E-state index in [4.69, 9.17) is 0 Å². The van der Waals surface area contributed by atoms with Crippen molar-refractivity contribution in [3.05, 3.63) is 35.8 Å². The number of carbonyl (C=O) groups is 1. The number of aromatic amines is 1. The topological polar surface area (TPSA) is 65.1 Å². The van der Waals surface area contributed by atoms with Crippen LogP contribution in [0.4, 0.5) is 4.39 Å². The van der Waals surface area contributed by atoms with Crippen molar-refractivity contribution in [2.45, 2.75) is 24.9 Å². The summed E-state index contributed by atoms with van der Waals surface area (Å²) in [4.78, 5) is 14.9. The van der Waals surface area contributed by atoms with E-state index in [1.54, 1.807) is 12.3 Å². The fraction of sp³-hybridized carbons (Fsp3) is 0.357. The van der Waals surface area contributed by atoms with Crippen LogP contribution >= 0.6 is 0 Å². The van der Waals surface area contributed by atoms with Gasteiger partial charge in [-0.2, -0.15) is 0 Å². The van der Waals surface area contributed by atoms with Crippen LogP contribution in [0.1, 0.15) is 29.6 Å². The normalized spacial score (nSPS) is 17.2. The summed E-state index contributed by atoms with van der Waals surface area (Å²) < 4.78 is 13.1. The molecule has 1 fully saturated rings. The van der Waals surface area contributed by atoms with Gasteiger partial charge in [-0.05, 0) is 37.5 Å². The summed E-state index contributed by atoms with van der Waals surface area (Å²) in [5.74, 6) is -0.594. The molecule has 0 bridgehead atoms. The van der Waals surface area contributed by atoms with Crippen LogP contribution in [0.2, 0.25) is 0 Å². The zero-order valence-electron chi connectivity index (χ0n) is 10.4. The van der Waals surface area contributed by atoms with E-state index in [0.717, 1.165) is 19.3 Å². The van der Waals surface area contributed by atoms with Crippen LogP contribution in [0.25, 0.3) is 10.9 Å². The molecular weight excluding hydrogens is 247 g/mol. The number of aromatic nitrogens is 1. The van der Waals surface area contributed by atoms with Crippen LogP contribution in [0.15, 0.2) is 24.4 Å². The van der Waals surface area contributed by atoms with Crippen molar-refractivity contribution >= 4 is 16.8 Å². The van der Waals surface area contributed by atoms with Gasteiger partial charge in [-0.15, -0.1) is 0 Å². The first-order valence-electron chi connectivity index (χ1n) is 6.35. The zero-order valence-corrected chi connectivity index (χ0v) is 10.4. The minimum Gasteiger partial charge on any atom is -0.388 e. The zero-order chi connectivity index (χ0) is 13.5. The van der Waals surface area contributed by atoms with E-state index in [-0.39, 0.29) is 18.3 Å². The molecule has 100 valence electrons. The molecule has 2 aromatic rings. The summed E-state index contributed by atoms with van der Waals surface area (Å²) in [6, 6.07) is 4.26. The van der Waals surface area contributed by atoms with Crippen LogP contribution in [-0.4, -0.2) is 28.1 Å². The summed E-state index contributed by atoms with van der Waals surface area (Å²) in [5, 5.41) is 13.3. The largest absolute Gasteiger partial charge is 0.388 e. The first kappa shape index (κ1) is 12.2. The fourth-order valence-electron chi connectivity index (χ4n) is 2.39. The molecule has 1 aromatic heterocycles. The smallest absolute Gasteiger partial charge is 0.253 e. The van der Waals surface area contributed by atoms with Gasteiger partial charge in [0.1, 0.15) is 5.82 Å². The molecule has 0 saturated heterocycles. The Morgan fingerprint density at radius 1 is 1.47 bits per heavy atom. The van der Waals surface area contributed by atoms with Crippen molar-refractivity contribution in [2.75, 3.05) is 6.54 Å². The van der Waals surface area contributed by atoms with Gasteiger partial charge < -0.3 is 15.4 Å². The first-order valence-corrected chi connectivity index (χ1v) is 6.35. The van der Waals surface area contributed by atoms with Gasteiger partial charge in [0.25, 0.3) is 5.91 Å². The third-order valence-electron chi connectivity index (χ3n) is 3.75. The maximum Gasteiger partial charge on any atom is 0.253 e. The highest BCUT2D eigenvalue weighted by molar-refractivity contribution is 6.06. The van der Waals surface area contributed by atoms with Gasteiger partial charge in [-0.3, -0.25) is 4.79 Å². The van der Waals surface area contributed by atoms with Crippen molar-refractivity contribution < 1.29 is 14.3 Å². The average Bonchev–Trinajstić information content (AvgIpc) is 2.76. The van der Waals surface area contributed by atoms with Crippen LogP contribution in [-0.2, 0) is 0 Å². The number of halogens is 1. The number of fused-ring (bicyclic) bond motifs is 1. The van der Waals surface area contributed by atoms with Crippen LogP contribution in [0, 0.1) is 5.82 Å². The van der Waals surface area contributed by atoms with E-state index in [1.807, 2.05) is 0 Å². The Morgan fingerprint density at radius 3 is 2.95 bits per heavy atom. The number of nitrogens with one attached hydrogen (secondary N) is 2. The molecule has 5 heteroatoms. The molecule has 1 amide bonds. The van der Waals surface area contributed by atoms with Crippen molar-refractivity contribution in [3.8, 4) is 0 Å². The average molecular weight is 262 g/mol. The molecule has 0 radical (unpaired) electrons. The molecule has 0 unspecified atom stereocenters. The monoisotopic (exact) mass is 262 g/mol. The molecule has 3 N–H and O–H groups in total. The van der Waals surface area contributed by atoms with Crippen LogP contribution < -0.4 is 5.32 Å². The Bertz CT molecular complexity index is 631. The molecule has 19 heavy (non-hydrogen) atoms. The molecular formula is C14H15FN2O2. The van der Waals surface area contributed by atoms with E-state index in [1.165, 1.54) is 12.1 Å². The second-order valence-electron chi connectivity index (χ2n) is 5.15. The van der Waals surface area contributed by atoms with Gasteiger partial charge in [0.15, 0.2) is 0 Å². The van der Waals surface area contributed by atoms with Crippen LogP contribution in [0.3, 0.4) is 0 Å². The standard InChI is InChI=1S/C14H15FN2O2/c15-9-2-3-10-11(7-16-12(10)6-9)13(18)17-8-14(19)4-1-5-14/h2-3,6-7,16,19H,1,4-5,8H2,(H,17,18). The quantitative estimate of drug-likeness (QED) is 0.791. The Balaban J connectivity index is 1.78. The number of aliphatic hydroxyl groups is 1. The fourth-order valence-corrected chi connectivity index (χ4v) is 2.39.